The Balaban J connectivity index is 2.38. The number of Topliss-reactive ketones (excluding diaryl/α,β-unsaturated/α-hetero) is 1. The van der Waals surface area contributed by atoms with Gasteiger partial charge in [-0.2, -0.15) is 0 Å². The number of carbonyl (C=O) groups excluding carboxylic acids is 3. The van der Waals surface area contributed by atoms with E-state index in [1.165, 1.54) is 6.92 Å². The maximum atomic E-state index is 12.4. The molecule has 5 nitrogen and oxygen atoms in total. The van der Waals surface area contributed by atoms with Crippen LogP contribution in [0.2, 0.25) is 0 Å². The predicted octanol–water partition coefficient (Wildman–Crippen LogP) is 4.24. The van der Waals surface area contributed by atoms with Crippen molar-refractivity contribution in [1.29, 1.82) is 0 Å². The van der Waals surface area contributed by atoms with E-state index in [9.17, 15) is 14.4 Å². The fourth-order valence-electron chi connectivity index (χ4n) is 4.67. The van der Waals surface area contributed by atoms with Gasteiger partial charge in [0.15, 0.2) is 5.78 Å². The van der Waals surface area contributed by atoms with E-state index in [1.54, 1.807) is 0 Å². The number of esters is 2. The van der Waals surface area contributed by atoms with Gasteiger partial charge in [0.25, 0.3) is 0 Å². The van der Waals surface area contributed by atoms with Crippen molar-refractivity contribution in [3.05, 3.63) is 11.1 Å². The van der Waals surface area contributed by atoms with Gasteiger partial charge in [0, 0.05) is 25.7 Å². The van der Waals surface area contributed by atoms with Crippen LogP contribution in [0.25, 0.3) is 0 Å². The van der Waals surface area contributed by atoms with Gasteiger partial charge in [0.1, 0.15) is 11.7 Å². The lowest BCUT2D eigenvalue weighted by Crippen LogP contribution is -2.44. The van der Waals surface area contributed by atoms with E-state index in [1.807, 2.05) is 34.6 Å². The van der Waals surface area contributed by atoms with E-state index in [2.05, 4.69) is 6.92 Å². The standard InChI is InChI=1S/C22H34O5/c1-12(2)8-21(25)26-20-9-13(3)16-11-19(24)14(4)17(16)10-18(20)22(6,7)27-15(5)23/h12-13,16,18,20H,8-11H2,1-7H3. The summed E-state index contributed by atoms with van der Waals surface area (Å²) >= 11 is 0. The van der Waals surface area contributed by atoms with Crippen molar-refractivity contribution in [2.45, 2.75) is 85.9 Å². The van der Waals surface area contributed by atoms with E-state index in [0.717, 1.165) is 11.1 Å². The molecular formula is C22H34O5. The number of ketones is 1. The summed E-state index contributed by atoms with van der Waals surface area (Å²) in [6.45, 7) is 13.1. The highest BCUT2D eigenvalue weighted by Gasteiger charge is 2.47. The van der Waals surface area contributed by atoms with Gasteiger partial charge in [-0.3, -0.25) is 14.4 Å². The first-order valence-electron chi connectivity index (χ1n) is 10.0. The second kappa shape index (κ2) is 8.15. The summed E-state index contributed by atoms with van der Waals surface area (Å²) in [4.78, 5) is 36.4. The average molecular weight is 379 g/mol. The molecule has 0 aromatic rings. The van der Waals surface area contributed by atoms with Crippen molar-refractivity contribution in [2.24, 2.45) is 23.7 Å². The van der Waals surface area contributed by atoms with Gasteiger partial charge < -0.3 is 9.47 Å². The first-order chi connectivity index (χ1) is 12.4. The number of ether oxygens (including phenoxy) is 2. The molecule has 2 rings (SSSR count). The first kappa shape index (κ1) is 21.6. The molecule has 0 bridgehead atoms. The van der Waals surface area contributed by atoms with Crippen molar-refractivity contribution in [2.75, 3.05) is 0 Å². The second-order valence-corrected chi connectivity index (χ2v) is 9.23. The number of allylic oxidation sites excluding steroid dienone is 2. The highest BCUT2D eigenvalue weighted by molar-refractivity contribution is 5.98. The van der Waals surface area contributed by atoms with Crippen LogP contribution in [0.4, 0.5) is 0 Å². The van der Waals surface area contributed by atoms with Crippen molar-refractivity contribution < 1.29 is 23.9 Å². The molecule has 0 amide bonds. The second-order valence-electron chi connectivity index (χ2n) is 9.23. The Morgan fingerprint density at radius 1 is 1.22 bits per heavy atom. The number of carbonyl (C=O) groups is 3. The van der Waals surface area contributed by atoms with Gasteiger partial charge >= 0.3 is 11.9 Å². The minimum atomic E-state index is -0.790. The van der Waals surface area contributed by atoms with Crippen molar-refractivity contribution in [1.82, 2.24) is 0 Å². The molecule has 2 aliphatic carbocycles. The molecule has 0 spiro atoms. The van der Waals surface area contributed by atoms with Crippen LogP contribution >= 0.6 is 0 Å². The molecule has 27 heavy (non-hydrogen) atoms. The summed E-state index contributed by atoms with van der Waals surface area (Å²) < 4.78 is 11.6. The van der Waals surface area contributed by atoms with E-state index in [-0.39, 0.29) is 47.5 Å². The Morgan fingerprint density at radius 2 is 1.85 bits per heavy atom. The third-order valence-electron chi connectivity index (χ3n) is 6.09. The van der Waals surface area contributed by atoms with Crippen LogP contribution in [0.5, 0.6) is 0 Å². The molecule has 0 aromatic heterocycles. The molecule has 1 saturated carbocycles. The molecule has 4 unspecified atom stereocenters. The number of hydrogen-bond donors (Lipinski definition) is 0. The van der Waals surface area contributed by atoms with Gasteiger partial charge in [0.2, 0.25) is 0 Å². The van der Waals surface area contributed by atoms with E-state index >= 15 is 0 Å². The summed E-state index contributed by atoms with van der Waals surface area (Å²) in [5.74, 6) is 0.122. The zero-order valence-electron chi connectivity index (χ0n) is 17.8. The van der Waals surface area contributed by atoms with Crippen LogP contribution in [0.15, 0.2) is 11.1 Å². The molecule has 4 atom stereocenters. The van der Waals surface area contributed by atoms with Crippen LogP contribution in [-0.2, 0) is 23.9 Å². The van der Waals surface area contributed by atoms with Crippen LogP contribution in [0.1, 0.15) is 74.1 Å². The van der Waals surface area contributed by atoms with Crippen LogP contribution in [-0.4, -0.2) is 29.4 Å². The Morgan fingerprint density at radius 3 is 2.41 bits per heavy atom. The number of hydrogen-bond acceptors (Lipinski definition) is 5. The SMILES string of the molecule is CC(=O)OC(C)(C)C1CC2=C(C)C(=O)CC2C(C)CC1OC(=O)CC(C)C. The van der Waals surface area contributed by atoms with Crippen molar-refractivity contribution in [3.8, 4) is 0 Å². The molecule has 5 heteroatoms. The van der Waals surface area contributed by atoms with Crippen LogP contribution < -0.4 is 0 Å². The van der Waals surface area contributed by atoms with Gasteiger partial charge in [-0.05, 0) is 56.9 Å². The Labute approximate surface area is 162 Å². The van der Waals surface area contributed by atoms with Crippen molar-refractivity contribution >= 4 is 17.7 Å². The normalized spacial score (nSPS) is 28.8. The lowest BCUT2D eigenvalue weighted by molar-refractivity contribution is -0.172. The molecule has 0 saturated heterocycles. The monoisotopic (exact) mass is 378 g/mol. The minimum absolute atomic E-state index is 0.180. The summed E-state index contributed by atoms with van der Waals surface area (Å²) in [6, 6.07) is 0. The third kappa shape index (κ3) is 4.99. The lowest BCUT2D eigenvalue weighted by atomic mass is 9.80. The zero-order chi connectivity index (χ0) is 20.5. The Kier molecular flexibility index (Phi) is 6.54. The molecule has 0 radical (unpaired) electrons. The molecule has 1 fully saturated rings. The quantitative estimate of drug-likeness (QED) is 0.669. The minimum Gasteiger partial charge on any atom is -0.462 e. The molecule has 0 heterocycles. The third-order valence-corrected chi connectivity index (χ3v) is 6.09. The fraction of sp³-hybridized carbons (Fsp3) is 0.773. The maximum Gasteiger partial charge on any atom is 0.306 e. The zero-order valence-corrected chi connectivity index (χ0v) is 17.8. The van der Waals surface area contributed by atoms with E-state index < -0.39 is 5.60 Å². The smallest absolute Gasteiger partial charge is 0.306 e. The van der Waals surface area contributed by atoms with Gasteiger partial charge in [-0.1, -0.05) is 26.3 Å². The molecule has 0 aromatic carbocycles. The van der Waals surface area contributed by atoms with Gasteiger partial charge in [0.05, 0.1) is 0 Å². The lowest BCUT2D eigenvalue weighted by Gasteiger charge is -2.38. The average Bonchev–Trinajstić information content (AvgIpc) is 2.68. The number of fused-ring (bicyclic) bond motifs is 1. The summed E-state index contributed by atoms with van der Waals surface area (Å²) in [6.07, 6.45) is 1.87. The van der Waals surface area contributed by atoms with E-state index in [4.69, 9.17) is 9.47 Å². The summed E-state index contributed by atoms with van der Waals surface area (Å²) in [5, 5.41) is 0. The molecular weight excluding hydrogens is 344 g/mol. The highest BCUT2D eigenvalue weighted by Crippen LogP contribution is 2.47. The first-order valence-corrected chi connectivity index (χ1v) is 10.0. The molecule has 0 N–H and O–H groups in total. The number of rotatable bonds is 5. The van der Waals surface area contributed by atoms with Crippen molar-refractivity contribution in [3.63, 3.8) is 0 Å². The fourth-order valence-corrected chi connectivity index (χ4v) is 4.67. The van der Waals surface area contributed by atoms with Crippen LogP contribution in [0, 0.1) is 23.7 Å². The Hall–Kier alpha value is -1.65. The maximum absolute atomic E-state index is 12.4. The topological polar surface area (TPSA) is 69.7 Å². The van der Waals surface area contributed by atoms with Gasteiger partial charge in [-0.25, -0.2) is 0 Å². The van der Waals surface area contributed by atoms with Crippen LogP contribution in [0.3, 0.4) is 0 Å². The summed E-state index contributed by atoms with van der Waals surface area (Å²) in [7, 11) is 0. The largest absolute Gasteiger partial charge is 0.462 e. The highest BCUT2D eigenvalue weighted by atomic mass is 16.6. The van der Waals surface area contributed by atoms with E-state index in [0.29, 0.717) is 25.7 Å². The molecule has 0 aliphatic heterocycles. The molecule has 152 valence electrons. The predicted molar refractivity (Wildman–Crippen MR) is 103 cm³/mol. The van der Waals surface area contributed by atoms with Gasteiger partial charge in [-0.15, -0.1) is 0 Å². The molecule has 2 aliphatic rings. The Bertz CT molecular complexity index is 643. The summed E-state index contributed by atoms with van der Waals surface area (Å²) in [5.41, 5.74) is 1.20.